The van der Waals surface area contributed by atoms with E-state index in [0.717, 1.165) is 26.2 Å². The highest BCUT2D eigenvalue weighted by molar-refractivity contribution is 5.80. The lowest BCUT2D eigenvalue weighted by atomic mass is 10.2. The van der Waals surface area contributed by atoms with Crippen LogP contribution in [0.5, 0.6) is 0 Å². The van der Waals surface area contributed by atoms with Crippen LogP contribution in [0.3, 0.4) is 0 Å². The number of amides is 1. The van der Waals surface area contributed by atoms with Gasteiger partial charge in [0.05, 0.1) is 0 Å². The second-order valence-electron chi connectivity index (χ2n) is 3.81. The van der Waals surface area contributed by atoms with Crippen LogP contribution in [-0.4, -0.2) is 73.9 Å². The van der Waals surface area contributed by atoms with Crippen LogP contribution in [0.1, 0.15) is 0 Å². The van der Waals surface area contributed by atoms with Gasteiger partial charge in [-0.05, 0) is 7.05 Å². The summed E-state index contributed by atoms with van der Waals surface area (Å²) in [6.07, 6.45) is 0. The zero-order valence-corrected chi connectivity index (χ0v) is 9.36. The van der Waals surface area contributed by atoms with Crippen molar-refractivity contribution in [1.82, 2.24) is 20.6 Å². The Hall–Kier alpha value is -0.690. The first kappa shape index (κ1) is 12.4. The van der Waals surface area contributed by atoms with Gasteiger partial charge in [0.2, 0.25) is 0 Å². The molecule has 88 valence electrons. The van der Waals surface area contributed by atoms with Gasteiger partial charge in [0.25, 0.3) is 5.91 Å². The molecule has 6 nitrogen and oxygen atoms in total. The Morgan fingerprint density at radius 3 is 2.73 bits per heavy atom. The van der Waals surface area contributed by atoms with Crippen LogP contribution in [-0.2, 0) is 4.79 Å². The molecule has 0 aromatic carbocycles. The van der Waals surface area contributed by atoms with Crippen LogP contribution in [0, 0.1) is 0 Å². The van der Waals surface area contributed by atoms with Gasteiger partial charge < -0.3 is 10.6 Å². The van der Waals surface area contributed by atoms with Crippen LogP contribution >= 0.6 is 0 Å². The lowest BCUT2D eigenvalue weighted by molar-refractivity contribution is -0.164. The Kier molecular flexibility index (Phi) is 4.97. The lowest BCUT2D eigenvalue weighted by Gasteiger charge is -2.27. The van der Waals surface area contributed by atoms with Crippen LogP contribution in [0.2, 0.25) is 0 Å². The van der Waals surface area contributed by atoms with Gasteiger partial charge in [-0.2, -0.15) is 0 Å². The molecule has 1 heterocycles. The monoisotopic (exact) mass is 216 g/mol. The van der Waals surface area contributed by atoms with E-state index in [1.54, 1.807) is 0 Å². The third-order valence-corrected chi connectivity index (χ3v) is 2.59. The van der Waals surface area contributed by atoms with Crippen LogP contribution < -0.4 is 10.6 Å². The molecule has 1 rings (SSSR count). The predicted molar refractivity (Wildman–Crippen MR) is 56.7 cm³/mol. The largest absolute Gasteiger partial charge is 0.314 e. The average Bonchev–Trinajstić information content (AvgIpc) is 2.29. The van der Waals surface area contributed by atoms with E-state index in [-0.39, 0.29) is 11.9 Å². The van der Waals surface area contributed by atoms with Gasteiger partial charge in [-0.1, -0.05) is 0 Å². The van der Waals surface area contributed by atoms with Crippen molar-refractivity contribution in [2.75, 3.05) is 46.8 Å². The molecule has 0 aliphatic carbocycles. The molecule has 1 aliphatic heterocycles. The molecule has 1 fully saturated rings. The Morgan fingerprint density at radius 2 is 2.07 bits per heavy atom. The molecule has 0 spiro atoms. The standard InChI is InChI=1S/C9H20N4O2/c1-12-6-5-10-3-4-11-7-8(12)9(14)13(2)15/h8,10-11,15H,3-7H2,1-2H3. The second-order valence-corrected chi connectivity index (χ2v) is 3.81. The van der Waals surface area contributed by atoms with Gasteiger partial charge in [-0.3, -0.25) is 14.9 Å². The summed E-state index contributed by atoms with van der Waals surface area (Å²) in [6, 6.07) is -0.292. The smallest absolute Gasteiger partial charge is 0.264 e. The summed E-state index contributed by atoms with van der Waals surface area (Å²) in [6.45, 7) is 3.97. The number of likely N-dealkylation sites (N-methyl/N-ethyl adjacent to an activating group) is 2. The van der Waals surface area contributed by atoms with Crippen LogP contribution in [0.25, 0.3) is 0 Å². The van der Waals surface area contributed by atoms with Gasteiger partial charge in [0.1, 0.15) is 6.04 Å². The minimum Gasteiger partial charge on any atom is -0.314 e. The summed E-state index contributed by atoms with van der Waals surface area (Å²) in [5.41, 5.74) is 0. The summed E-state index contributed by atoms with van der Waals surface area (Å²) in [4.78, 5) is 13.6. The third-order valence-electron chi connectivity index (χ3n) is 2.59. The molecule has 1 atom stereocenters. The molecule has 0 saturated carbocycles. The van der Waals surface area contributed by atoms with Gasteiger partial charge in [0, 0.05) is 39.8 Å². The van der Waals surface area contributed by atoms with E-state index in [9.17, 15) is 4.79 Å². The van der Waals surface area contributed by atoms with Crippen molar-refractivity contribution in [2.45, 2.75) is 6.04 Å². The maximum Gasteiger partial charge on any atom is 0.264 e. The summed E-state index contributed by atoms with van der Waals surface area (Å²) in [5, 5.41) is 16.2. The average molecular weight is 216 g/mol. The second kappa shape index (κ2) is 6.02. The highest BCUT2D eigenvalue weighted by atomic mass is 16.5. The lowest BCUT2D eigenvalue weighted by Crippen LogP contribution is -2.50. The molecular formula is C9H20N4O2. The van der Waals surface area contributed by atoms with Crippen molar-refractivity contribution in [3.05, 3.63) is 0 Å². The fourth-order valence-corrected chi connectivity index (χ4v) is 1.60. The van der Waals surface area contributed by atoms with Crippen LogP contribution in [0.15, 0.2) is 0 Å². The van der Waals surface area contributed by atoms with Crippen molar-refractivity contribution in [3.8, 4) is 0 Å². The maximum atomic E-state index is 11.7. The van der Waals surface area contributed by atoms with E-state index < -0.39 is 0 Å². The zero-order valence-electron chi connectivity index (χ0n) is 9.36. The number of nitrogens with zero attached hydrogens (tertiary/aromatic N) is 2. The van der Waals surface area contributed by atoms with E-state index in [1.807, 2.05) is 11.9 Å². The Morgan fingerprint density at radius 1 is 1.40 bits per heavy atom. The normalized spacial score (nSPS) is 25.1. The summed E-state index contributed by atoms with van der Waals surface area (Å²) in [5.74, 6) is -0.271. The van der Waals surface area contributed by atoms with Gasteiger partial charge in [-0.15, -0.1) is 0 Å². The quantitative estimate of drug-likeness (QED) is 0.361. The fourth-order valence-electron chi connectivity index (χ4n) is 1.60. The van der Waals surface area contributed by atoms with E-state index in [1.165, 1.54) is 7.05 Å². The van der Waals surface area contributed by atoms with Crippen molar-refractivity contribution in [2.24, 2.45) is 0 Å². The molecule has 0 bridgehead atoms. The van der Waals surface area contributed by atoms with E-state index >= 15 is 0 Å². The fraction of sp³-hybridized carbons (Fsp3) is 0.889. The summed E-state index contributed by atoms with van der Waals surface area (Å²) >= 11 is 0. The molecule has 15 heavy (non-hydrogen) atoms. The van der Waals surface area contributed by atoms with E-state index in [0.29, 0.717) is 11.6 Å². The van der Waals surface area contributed by atoms with Crippen molar-refractivity contribution in [1.29, 1.82) is 0 Å². The SMILES string of the molecule is CN(O)C(=O)C1CNCCNCCN1C. The van der Waals surface area contributed by atoms with Crippen molar-refractivity contribution >= 4 is 5.91 Å². The molecule has 1 aliphatic rings. The highest BCUT2D eigenvalue weighted by Gasteiger charge is 2.25. The highest BCUT2D eigenvalue weighted by Crippen LogP contribution is 1.99. The number of hydrogen-bond acceptors (Lipinski definition) is 5. The number of carbonyl (C=O) groups excluding carboxylic acids is 1. The van der Waals surface area contributed by atoms with Crippen molar-refractivity contribution < 1.29 is 10.0 Å². The minimum absolute atomic E-state index is 0.271. The number of nitrogens with one attached hydrogen (secondary N) is 2. The molecule has 1 amide bonds. The topological polar surface area (TPSA) is 67.8 Å². The van der Waals surface area contributed by atoms with Gasteiger partial charge in [-0.25, -0.2) is 5.06 Å². The molecule has 1 unspecified atom stereocenters. The molecular weight excluding hydrogens is 196 g/mol. The minimum atomic E-state index is -0.292. The Balaban J connectivity index is 2.59. The summed E-state index contributed by atoms with van der Waals surface area (Å²) < 4.78 is 0. The first-order valence-corrected chi connectivity index (χ1v) is 5.21. The zero-order chi connectivity index (χ0) is 11.3. The molecule has 3 N–H and O–H groups in total. The van der Waals surface area contributed by atoms with Gasteiger partial charge >= 0.3 is 0 Å². The van der Waals surface area contributed by atoms with Crippen LogP contribution in [0.4, 0.5) is 0 Å². The third kappa shape index (κ3) is 3.75. The van der Waals surface area contributed by atoms with E-state index in [2.05, 4.69) is 10.6 Å². The van der Waals surface area contributed by atoms with Crippen molar-refractivity contribution in [3.63, 3.8) is 0 Å². The molecule has 0 radical (unpaired) electrons. The number of hydroxylamine groups is 2. The Labute approximate surface area is 90.2 Å². The van der Waals surface area contributed by atoms with Gasteiger partial charge in [0.15, 0.2) is 0 Å². The number of carbonyl (C=O) groups is 1. The molecule has 0 aromatic rings. The van der Waals surface area contributed by atoms with E-state index in [4.69, 9.17) is 5.21 Å². The number of rotatable bonds is 1. The first-order chi connectivity index (χ1) is 7.13. The summed E-state index contributed by atoms with van der Waals surface area (Å²) in [7, 11) is 3.25. The number of hydrogen-bond donors (Lipinski definition) is 3. The maximum absolute atomic E-state index is 11.7. The molecule has 6 heteroatoms. The predicted octanol–water partition coefficient (Wildman–Crippen LogP) is -1.67. The first-order valence-electron chi connectivity index (χ1n) is 5.21. The Bertz CT molecular complexity index is 210. The molecule has 0 aromatic heterocycles. The molecule has 1 saturated heterocycles.